The number of hydrogen-bond donors (Lipinski definition) is 0. The highest BCUT2D eigenvalue weighted by Crippen LogP contribution is 2.42. The Balaban J connectivity index is 2.11. The number of benzene rings is 1. The van der Waals surface area contributed by atoms with Crippen molar-refractivity contribution in [3.05, 3.63) is 35.4 Å². The number of esters is 2. The topological polar surface area (TPSA) is 65.1 Å². The van der Waals surface area contributed by atoms with Crippen molar-refractivity contribution in [2.45, 2.75) is 111 Å². The van der Waals surface area contributed by atoms with Crippen molar-refractivity contribution in [1.29, 1.82) is 0 Å². The largest absolute Gasteiger partial charge is 0.462 e. The quantitative estimate of drug-likeness (QED) is 0.505. The van der Waals surface area contributed by atoms with Gasteiger partial charge >= 0.3 is 11.9 Å². The molecule has 2 atom stereocenters. The van der Waals surface area contributed by atoms with Crippen molar-refractivity contribution in [3.63, 3.8) is 0 Å². The number of hydroxylamine groups is 2. The second kappa shape index (κ2) is 9.52. The lowest BCUT2D eigenvalue weighted by Crippen LogP contribution is -2.62. The third-order valence-electron chi connectivity index (χ3n) is 5.92. The van der Waals surface area contributed by atoms with E-state index in [1.807, 2.05) is 58.9 Å². The molecule has 2 rings (SSSR count). The molecule has 1 aliphatic rings. The number of carbonyl (C=O) groups excluding carboxylic acids is 2. The zero-order chi connectivity index (χ0) is 24.5. The first-order chi connectivity index (χ1) is 14.5. The molecule has 0 radical (unpaired) electrons. The molecule has 0 spiro atoms. The molecule has 0 saturated carbocycles. The van der Waals surface area contributed by atoms with Crippen molar-refractivity contribution in [2.75, 3.05) is 0 Å². The van der Waals surface area contributed by atoms with E-state index in [-0.39, 0.29) is 41.3 Å². The van der Waals surface area contributed by atoms with E-state index < -0.39 is 5.41 Å². The van der Waals surface area contributed by atoms with Gasteiger partial charge in [0.2, 0.25) is 0 Å². The predicted octanol–water partition coefficient (Wildman–Crippen LogP) is 5.91. The minimum absolute atomic E-state index is 0.149. The summed E-state index contributed by atoms with van der Waals surface area (Å²) < 4.78 is 11.1. The zero-order valence-corrected chi connectivity index (χ0v) is 21.4. The minimum Gasteiger partial charge on any atom is -0.462 e. The summed E-state index contributed by atoms with van der Waals surface area (Å²) in [4.78, 5) is 30.1. The standard InChI is InChI=1S/C26H41NO5/c1-17(30-19(3)28)20-11-13-21(14-12-20)18(2)32-27-25(7,8)15-22(16-26(27,9)10)31-23(29)24(4,5)6/h11-14,17-18,22H,15-16H2,1-10H3. The van der Waals surface area contributed by atoms with Crippen LogP contribution in [0.5, 0.6) is 0 Å². The molecule has 0 aliphatic carbocycles. The van der Waals surface area contributed by atoms with E-state index in [0.29, 0.717) is 12.8 Å². The van der Waals surface area contributed by atoms with Crippen molar-refractivity contribution in [1.82, 2.24) is 5.06 Å². The highest BCUT2D eigenvalue weighted by Gasteiger charge is 2.48. The van der Waals surface area contributed by atoms with Crippen LogP contribution in [0, 0.1) is 5.41 Å². The molecule has 1 aromatic carbocycles. The molecule has 2 unspecified atom stereocenters. The number of nitrogens with zero attached hydrogens (tertiary/aromatic N) is 1. The van der Waals surface area contributed by atoms with Crippen molar-refractivity contribution < 1.29 is 23.9 Å². The fourth-order valence-electron chi connectivity index (χ4n) is 4.44. The second-order valence-corrected chi connectivity index (χ2v) is 11.3. The fourth-order valence-corrected chi connectivity index (χ4v) is 4.44. The third-order valence-corrected chi connectivity index (χ3v) is 5.92. The maximum Gasteiger partial charge on any atom is 0.311 e. The molecule has 1 saturated heterocycles. The highest BCUT2D eigenvalue weighted by atomic mass is 16.7. The molecular weight excluding hydrogens is 406 g/mol. The van der Waals surface area contributed by atoms with Crippen LogP contribution in [0.4, 0.5) is 0 Å². The van der Waals surface area contributed by atoms with Crippen LogP contribution in [0.15, 0.2) is 24.3 Å². The zero-order valence-electron chi connectivity index (χ0n) is 21.4. The van der Waals surface area contributed by atoms with Gasteiger partial charge in [-0.3, -0.25) is 14.4 Å². The van der Waals surface area contributed by atoms with Gasteiger partial charge in [-0.25, -0.2) is 0 Å². The number of carbonyl (C=O) groups is 2. The first-order valence-corrected chi connectivity index (χ1v) is 11.5. The molecule has 1 aromatic rings. The van der Waals surface area contributed by atoms with Gasteiger partial charge < -0.3 is 9.47 Å². The SMILES string of the molecule is CC(=O)OC(C)c1ccc(C(C)ON2C(C)(C)CC(OC(=O)C(C)(C)C)CC2(C)C)cc1. The summed E-state index contributed by atoms with van der Waals surface area (Å²) in [6.45, 7) is 19.4. The summed E-state index contributed by atoms with van der Waals surface area (Å²) in [6, 6.07) is 7.96. The molecule has 6 nitrogen and oxygen atoms in total. The van der Waals surface area contributed by atoms with E-state index in [0.717, 1.165) is 11.1 Å². The smallest absolute Gasteiger partial charge is 0.311 e. The molecule has 0 aromatic heterocycles. The van der Waals surface area contributed by atoms with Crippen LogP contribution in [0.3, 0.4) is 0 Å². The van der Waals surface area contributed by atoms with Gasteiger partial charge in [-0.1, -0.05) is 24.3 Å². The van der Waals surface area contributed by atoms with Gasteiger partial charge in [-0.2, -0.15) is 5.06 Å². The Hall–Kier alpha value is -1.92. The molecular formula is C26H41NO5. The average molecular weight is 448 g/mol. The van der Waals surface area contributed by atoms with Crippen LogP contribution in [0.25, 0.3) is 0 Å². The Kier molecular flexibility index (Phi) is 7.83. The molecule has 32 heavy (non-hydrogen) atoms. The lowest BCUT2D eigenvalue weighted by molar-refractivity contribution is -0.314. The van der Waals surface area contributed by atoms with Crippen LogP contribution in [-0.2, 0) is 23.9 Å². The maximum absolute atomic E-state index is 12.4. The van der Waals surface area contributed by atoms with E-state index in [2.05, 4.69) is 32.8 Å². The van der Waals surface area contributed by atoms with E-state index in [1.54, 1.807) is 0 Å². The summed E-state index contributed by atoms with van der Waals surface area (Å²) in [6.07, 6.45) is 0.794. The Morgan fingerprint density at radius 3 is 1.78 bits per heavy atom. The molecule has 0 bridgehead atoms. The van der Waals surface area contributed by atoms with Gasteiger partial charge in [0.15, 0.2) is 0 Å². The van der Waals surface area contributed by atoms with Gasteiger partial charge in [0.1, 0.15) is 18.3 Å². The monoisotopic (exact) mass is 447 g/mol. The molecule has 0 N–H and O–H groups in total. The summed E-state index contributed by atoms with van der Waals surface area (Å²) in [5.41, 5.74) is 0.829. The summed E-state index contributed by atoms with van der Waals surface area (Å²) in [5, 5.41) is 2.07. The summed E-state index contributed by atoms with van der Waals surface area (Å²) in [7, 11) is 0. The number of ether oxygens (including phenoxy) is 2. The first kappa shape index (κ1) is 26.3. The summed E-state index contributed by atoms with van der Waals surface area (Å²) >= 11 is 0. The minimum atomic E-state index is -0.518. The Morgan fingerprint density at radius 1 is 0.938 bits per heavy atom. The van der Waals surface area contributed by atoms with Crippen molar-refractivity contribution in [3.8, 4) is 0 Å². The molecule has 0 amide bonds. The van der Waals surface area contributed by atoms with Crippen LogP contribution in [-0.4, -0.2) is 34.2 Å². The van der Waals surface area contributed by atoms with Crippen molar-refractivity contribution >= 4 is 11.9 Å². The molecule has 1 heterocycles. The molecule has 6 heteroatoms. The van der Waals surface area contributed by atoms with E-state index in [4.69, 9.17) is 14.3 Å². The van der Waals surface area contributed by atoms with Crippen LogP contribution < -0.4 is 0 Å². The molecule has 1 aliphatic heterocycles. The van der Waals surface area contributed by atoms with Crippen molar-refractivity contribution in [2.24, 2.45) is 5.41 Å². The second-order valence-electron chi connectivity index (χ2n) is 11.3. The average Bonchev–Trinajstić information content (AvgIpc) is 2.62. The summed E-state index contributed by atoms with van der Waals surface area (Å²) in [5.74, 6) is -0.459. The predicted molar refractivity (Wildman–Crippen MR) is 125 cm³/mol. The fraction of sp³-hybridized carbons (Fsp3) is 0.692. The third kappa shape index (κ3) is 6.55. The lowest BCUT2D eigenvalue weighted by atomic mass is 9.80. The Labute approximate surface area is 193 Å². The Bertz CT molecular complexity index is 789. The molecule has 180 valence electrons. The van der Waals surface area contributed by atoms with Gasteiger partial charge in [0.05, 0.1) is 5.41 Å². The van der Waals surface area contributed by atoms with Crippen LogP contribution in [0.2, 0.25) is 0 Å². The van der Waals surface area contributed by atoms with Gasteiger partial charge in [-0.15, -0.1) is 0 Å². The van der Waals surface area contributed by atoms with Crippen LogP contribution in [0.1, 0.15) is 105 Å². The first-order valence-electron chi connectivity index (χ1n) is 11.5. The maximum atomic E-state index is 12.4. The highest BCUT2D eigenvalue weighted by molar-refractivity contribution is 5.75. The number of rotatable bonds is 6. The van der Waals surface area contributed by atoms with Gasteiger partial charge in [-0.05, 0) is 73.4 Å². The van der Waals surface area contributed by atoms with E-state index in [9.17, 15) is 9.59 Å². The normalized spacial score (nSPS) is 20.9. The van der Waals surface area contributed by atoms with E-state index in [1.165, 1.54) is 6.92 Å². The van der Waals surface area contributed by atoms with E-state index >= 15 is 0 Å². The van der Waals surface area contributed by atoms with Gasteiger partial charge in [0, 0.05) is 30.8 Å². The molecule has 1 fully saturated rings. The number of hydrogen-bond acceptors (Lipinski definition) is 6. The lowest BCUT2D eigenvalue weighted by Gasteiger charge is -2.54. The number of piperidine rings is 1. The Morgan fingerprint density at radius 2 is 1.38 bits per heavy atom. The van der Waals surface area contributed by atoms with Crippen LogP contribution >= 0.6 is 0 Å². The van der Waals surface area contributed by atoms with Gasteiger partial charge in [0.25, 0.3) is 0 Å².